The van der Waals surface area contributed by atoms with E-state index in [2.05, 4.69) is 30.5 Å². The molecule has 24 heavy (non-hydrogen) atoms. The van der Waals surface area contributed by atoms with Gasteiger partial charge in [-0.2, -0.15) is 0 Å². The molecule has 4 nitrogen and oxygen atoms in total. The summed E-state index contributed by atoms with van der Waals surface area (Å²) in [7, 11) is 0. The summed E-state index contributed by atoms with van der Waals surface area (Å²) in [5, 5.41) is 6.80. The van der Waals surface area contributed by atoms with Crippen molar-refractivity contribution in [2.75, 3.05) is 36.9 Å². The van der Waals surface area contributed by atoms with E-state index < -0.39 is 0 Å². The van der Waals surface area contributed by atoms with Crippen molar-refractivity contribution in [3.05, 3.63) is 48.5 Å². The summed E-state index contributed by atoms with van der Waals surface area (Å²) >= 11 is 0. The van der Waals surface area contributed by atoms with Crippen LogP contribution in [-0.4, -0.2) is 26.3 Å². The molecule has 0 aromatic heterocycles. The Hall–Kier alpha value is -2.36. The molecular formula is C20H28N2O2. The van der Waals surface area contributed by atoms with Gasteiger partial charge in [0.15, 0.2) is 0 Å². The molecule has 0 unspecified atom stereocenters. The van der Waals surface area contributed by atoms with Crippen molar-refractivity contribution in [2.45, 2.75) is 20.8 Å². The number of hydrogen-bond acceptors (Lipinski definition) is 4. The first-order valence-corrected chi connectivity index (χ1v) is 8.61. The SMILES string of the molecule is CCOc1cccc(NCCNc2cccc(OCC(C)C)c2)c1. The maximum atomic E-state index is 5.75. The zero-order valence-electron chi connectivity index (χ0n) is 14.8. The fourth-order valence-corrected chi connectivity index (χ4v) is 2.23. The molecule has 2 N–H and O–H groups in total. The zero-order valence-corrected chi connectivity index (χ0v) is 14.8. The van der Waals surface area contributed by atoms with Gasteiger partial charge in [0.1, 0.15) is 11.5 Å². The van der Waals surface area contributed by atoms with E-state index in [4.69, 9.17) is 9.47 Å². The Morgan fingerprint density at radius 3 is 1.88 bits per heavy atom. The summed E-state index contributed by atoms with van der Waals surface area (Å²) in [6.07, 6.45) is 0. The number of nitrogens with one attached hydrogen (secondary N) is 2. The Labute approximate surface area is 145 Å². The summed E-state index contributed by atoms with van der Waals surface area (Å²) in [4.78, 5) is 0. The van der Waals surface area contributed by atoms with Crippen LogP contribution in [0.2, 0.25) is 0 Å². The lowest BCUT2D eigenvalue weighted by Crippen LogP contribution is -2.13. The molecule has 2 aromatic carbocycles. The van der Waals surface area contributed by atoms with Gasteiger partial charge in [-0.05, 0) is 37.1 Å². The van der Waals surface area contributed by atoms with Gasteiger partial charge in [0.25, 0.3) is 0 Å². The molecule has 0 heterocycles. The maximum Gasteiger partial charge on any atom is 0.121 e. The van der Waals surface area contributed by atoms with E-state index in [9.17, 15) is 0 Å². The zero-order chi connectivity index (χ0) is 17.2. The second-order valence-corrected chi connectivity index (χ2v) is 6.05. The highest BCUT2D eigenvalue weighted by Gasteiger charge is 1.99. The highest BCUT2D eigenvalue weighted by atomic mass is 16.5. The van der Waals surface area contributed by atoms with Gasteiger partial charge in [0.05, 0.1) is 13.2 Å². The molecule has 0 atom stereocenters. The van der Waals surface area contributed by atoms with Gasteiger partial charge >= 0.3 is 0 Å². The minimum Gasteiger partial charge on any atom is -0.494 e. The molecule has 0 aliphatic carbocycles. The van der Waals surface area contributed by atoms with Crippen molar-refractivity contribution in [3.63, 3.8) is 0 Å². The lowest BCUT2D eigenvalue weighted by molar-refractivity contribution is 0.271. The second kappa shape index (κ2) is 9.71. The van der Waals surface area contributed by atoms with E-state index in [1.807, 2.05) is 49.4 Å². The summed E-state index contributed by atoms with van der Waals surface area (Å²) in [5.41, 5.74) is 2.14. The van der Waals surface area contributed by atoms with Crippen molar-refractivity contribution in [3.8, 4) is 11.5 Å². The van der Waals surface area contributed by atoms with Crippen LogP contribution in [0.25, 0.3) is 0 Å². The molecule has 0 amide bonds. The molecule has 130 valence electrons. The van der Waals surface area contributed by atoms with Crippen LogP contribution in [0, 0.1) is 5.92 Å². The van der Waals surface area contributed by atoms with Crippen LogP contribution in [0.15, 0.2) is 48.5 Å². The Kier molecular flexibility index (Phi) is 7.27. The van der Waals surface area contributed by atoms with E-state index >= 15 is 0 Å². The van der Waals surface area contributed by atoms with Gasteiger partial charge < -0.3 is 20.1 Å². The number of ether oxygens (including phenoxy) is 2. The first-order valence-electron chi connectivity index (χ1n) is 8.61. The Morgan fingerprint density at radius 2 is 1.38 bits per heavy atom. The molecule has 2 aromatic rings. The molecule has 0 radical (unpaired) electrons. The predicted molar refractivity (Wildman–Crippen MR) is 101 cm³/mol. The topological polar surface area (TPSA) is 42.5 Å². The van der Waals surface area contributed by atoms with Crippen molar-refractivity contribution in [1.82, 2.24) is 0 Å². The summed E-state index contributed by atoms with van der Waals surface area (Å²) in [5.74, 6) is 2.33. The number of benzene rings is 2. The molecule has 0 saturated carbocycles. The van der Waals surface area contributed by atoms with Crippen molar-refractivity contribution >= 4 is 11.4 Å². The minimum absolute atomic E-state index is 0.526. The third-order valence-corrected chi connectivity index (χ3v) is 3.35. The van der Waals surface area contributed by atoms with Crippen LogP contribution in [0.4, 0.5) is 11.4 Å². The lowest BCUT2D eigenvalue weighted by Gasteiger charge is -2.12. The van der Waals surface area contributed by atoms with Gasteiger partial charge in [-0.1, -0.05) is 26.0 Å². The van der Waals surface area contributed by atoms with E-state index in [0.29, 0.717) is 12.5 Å². The normalized spacial score (nSPS) is 10.5. The number of rotatable bonds is 10. The van der Waals surface area contributed by atoms with Gasteiger partial charge in [0.2, 0.25) is 0 Å². The van der Waals surface area contributed by atoms with Crippen LogP contribution < -0.4 is 20.1 Å². The fourth-order valence-electron chi connectivity index (χ4n) is 2.23. The molecule has 0 saturated heterocycles. The largest absolute Gasteiger partial charge is 0.494 e. The lowest BCUT2D eigenvalue weighted by atomic mass is 10.2. The second-order valence-electron chi connectivity index (χ2n) is 6.05. The molecule has 0 fully saturated rings. The average molecular weight is 328 g/mol. The third-order valence-electron chi connectivity index (χ3n) is 3.35. The highest BCUT2D eigenvalue weighted by Crippen LogP contribution is 2.19. The highest BCUT2D eigenvalue weighted by molar-refractivity contribution is 5.50. The van der Waals surface area contributed by atoms with Gasteiger partial charge in [-0.3, -0.25) is 0 Å². The first-order chi connectivity index (χ1) is 11.7. The van der Waals surface area contributed by atoms with Crippen molar-refractivity contribution in [2.24, 2.45) is 5.92 Å². The van der Waals surface area contributed by atoms with E-state index in [1.165, 1.54) is 0 Å². The standard InChI is InChI=1S/C20H28N2O2/c1-4-23-19-9-5-7-17(13-19)21-11-12-22-18-8-6-10-20(14-18)24-15-16(2)3/h5-10,13-14,16,21-22H,4,11-12,15H2,1-3H3. The quantitative estimate of drug-likeness (QED) is 0.623. The summed E-state index contributed by atoms with van der Waals surface area (Å²) < 4.78 is 11.3. The van der Waals surface area contributed by atoms with Crippen LogP contribution in [0.3, 0.4) is 0 Å². The van der Waals surface area contributed by atoms with Gasteiger partial charge in [-0.15, -0.1) is 0 Å². The van der Waals surface area contributed by atoms with Crippen LogP contribution in [-0.2, 0) is 0 Å². The predicted octanol–water partition coefficient (Wildman–Crippen LogP) is 4.64. The summed E-state index contributed by atoms with van der Waals surface area (Å²) in [6.45, 7) is 9.35. The first kappa shape index (κ1) is 18.0. The van der Waals surface area contributed by atoms with Crippen LogP contribution in [0.1, 0.15) is 20.8 Å². The fraction of sp³-hybridized carbons (Fsp3) is 0.400. The maximum absolute atomic E-state index is 5.75. The molecular weight excluding hydrogens is 300 g/mol. The average Bonchev–Trinajstić information content (AvgIpc) is 2.58. The van der Waals surface area contributed by atoms with Crippen molar-refractivity contribution in [1.29, 1.82) is 0 Å². The molecule has 0 aliphatic rings. The van der Waals surface area contributed by atoms with Gasteiger partial charge in [-0.25, -0.2) is 0 Å². The Balaban J connectivity index is 1.76. The van der Waals surface area contributed by atoms with Crippen LogP contribution in [0.5, 0.6) is 11.5 Å². The number of anilines is 2. The number of hydrogen-bond donors (Lipinski definition) is 2. The third kappa shape index (κ3) is 6.41. The van der Waals surface area contributed by atoms with E-state index in [0.717, 1.165) is 42.6 Å². The molecule has 0 spiro atoms. The van der Waals surface area contributed by atoms with Crippen molar-refractivity contribution < 1.29 is 9.47 Å². The van der Waals surface area contributed by atoms with E-state index in [1.54, 1.807) is 0 Å². The monoisotopic (exact) mass is 328 g/mol. The minimum atomic E-state index is 0.526. The molecule has 0 bridgehead atoms. The van der Waals surface area contributed by atoms with Gasteiger partial charge in [0, 0.05) is 36.6 Å². The van der Waals surface area contributed by atoms with E-state index in [-0.39, 0.29) is 0 Å². The van der Waals surface area contributed by atoms with Crippen LogP contribution >= 0.6 is 0 Å². The Bertz CT molecular complexity index is 614. The molecule has 2 rings (SSSR count). The summed E-state index contributed by atoms with van der Waals surface area (Å²) in [6, 6.07) is 16.1. The smallest absolute Gasteiger partial charge is 0.121 e. The molecule has 4 heteroatoms. The molecule has 0 aliphatic heterocycles. The Morgan fingerprint density at radius 1 is 0.833 bits per heavy atom.